The first-order valence-corrected chi connectivity index (χ1v) is 22.8. The van der Waals surface area contributed by atoms with Gasteiger partial charge in [0, 0.05) is 88.2 Å². The van der Waals surface area contributed by atoms with E-state index < -0.39 is 35.7 Å². The average molecular weight is 1020 g/mol. The minimum Gasteiger partial charge on any atom is -1.00 e. The molecule has 0 radical (unpaired) electrons. The summed E-state index contributed by atoms with van der Waals surface area (Å²) in [6.07, 6.45) is 8.52. The highest BCUT2D eigenvalue weighted by Gasteiger charge is 2.55. The van der Waals surface area contributed by atoms with Crippen LogP contribution < -0.4 is 52.9 Å². The van der Waals surface area contributed by atoms with Crippen LogP contribution in [-0.4, -0.2) is 95.3 Å². The number of halogens is 2. The number of fused-ring (bicyclic) bond motifs is 4. The highest BCUT2D eigenvalue weighted by Crippen LogP contribution is 2.47. The van der Waals surface area contributed by atoms with Gasteiger partial charge in [-0.2, -0.15) is 0 Å². The monoisotopic (exact) mass is 1020 g/mol. The van der Waals surface area contributed by atoms with Crippen LogP contribution in [0.15, 0.2) is 36.4 Å². The fourth-order valence-electron chi connectivity index (χ4n) is 10.9. The van der Waals surface area contributed by atoms with Gasteiger partial charge in [-0.25, -0.2) is 0 Å². The smallest absolute Gasteiger partial charge is 0.311 e. The van der Waals surface area contributed by atoms with Crippen molar-refractivity contribution in [3.8, 4) is 23.0 Å². The first-order chi connectivity index (χ1) is 29.7. The second kappa shape index (κ2) is 21.6. The zero-order valence-electron chi connectivity index (χ0n) is 37.9. The number of nitrogens with zero attached hydrogens (tertiary/aromatic N) is 2. The standard InChI is InChI=1S/C48H64N2O12.2BrH/c1-7-43(51)59-39-19-11-29(21-41(39)61-45(53)9-3)27-49(5)31-13-14-32(49)24-35(23-31)57-47(55)37-17-18-38(37)48(56)58-36-25-33-15-16-34(26-36)50(33,6)28-30-12-20-40(60-44(52)8-2)42(22-30)62-46(54)10-4;;/h11-12,19-22,31-38H,7-10,13-18,23-28H2,1-6H3;2*1H/q+2;;/p-2/t31?,32?,33?,34?,35-,36?,37?,38?,49-,50?;;. The maximum Gasteiger partial charge on any atom is 0.311 e. The summed E-state index contributed by atoms with van der Waals surface area (Å²) in [4.78, 5) is 75.9. The molecule has 1 saturated carbocycles. The lowest BCUT2D eigenvalue weighted by Gasteiger charge is -2.47. The van der Waals surface area contributed by atoms with Gasteiger partial charge in [0.1, 0.15) is 25.3 Å². The van der Waals surface area contributed by atoms with Crippen LogP contribution in [0.1, 0.15) is 129 Å². The molecule has 7 rings (SSSR count). The fraction of sp³-hybridized carbons (Fsp3) is 0.625. The maximum absolute atomic E-state index is 13.7. The number of esters is 6. The van der Waals surface area contributed by atoms with Crippen molar-refractivity contribution in [1.82, 2.24) is 0 Å². The van der Waals surface area contributed by atoms with Crippen LogP contribution in [0.25, 0.3) is 0 Å². The number of carbonyl (C=O) groups excluding carboxylic acids is 6. The van der Waals surface area contributed by atoms with E-state index in [9.17, 15) is 28.8 Å². The van der Waals surface area contributed by atoms with Gasteiger partial charge in [-0.05, 0) is 49.2 Å². The fourth-order valence-corrected chi connectivity index (χ4v) is 10.9. The molecule has 4 heterocycles. The Balaban J connectivity index is 0.00000385. The van der Waals surface area contributed by atoms with Crippen molar-refractivity contribution in [2.24, 2.45) is 11.8 Å². The van der Waals surface area contributed by atoms with Crippen LogP contribution >= 0.6 is 0 Å². The van der Waals surface area contributed by atoms with Gasteiger partial charge >= 0.3 is 35.8 Å². The summed E-state index contributed by atoms with van der Waals surface area (Å²) in [5.74, 6) is -2.29. The highest BCUT2D eigenvalue weighted by atomic mass is 79.9. The molecule has 2 aromatic carbocycles. The molecule has 64 heavy (non-hydrogen) atoms. The first kappa shape index (κ1) is 51.1. The minimum absolute atomic E-state index is 0. The molecule has 4 aliphatic heterocycles. The van der Waals surface area contributed by atoms with Gasteiger partial charge < -0.3 is 71.4 Å². The quantitative estimate of drug-likeness (QED) is 0.134. The Morgan fingerprint density at radius 3 is 1.05 bits per heavy atom. The molecule has 0 N–H and O–H groups in total. The molecule has 16 heteroatoms. The number of ether oxygens (including phenoxy) is 6. The van der Waals surface area contributed by atoms with Crippen LogP contribution in [0.5, 0.6) is 23.0 Å². The average Bonchev–Trinajstić information content (AvgIpc) is 3.45. The van der Waals surface area contributed by atoms with Crippen molar-refractivity contribution in [2.45, 2.75) is 167 Å². The SMILES string of the molecule is CCC(=O)Oc1ccc(C[N+]2(C)C3CCC2CC(OC(=O)C2CCC2C(=O)O[C@H]2CC4CCC(C2)[N@@+]4(C)Cc2ccc(OC(=O)CC)c(OC(=O)CC)c2)C3)cc1OC(=O)CC.[Br-].[Br-]. The van der Waals surface area contributed by atoms with E-state index in [0.29, 0.717) is 25.9 Å². The minimum atomic E-state index is -0.496. The Kier molecular flexibility index (Phi) is 17.3. The lowest BCUT2D eigenvalue weighted by atomic mass is 9.73. The summed E-state index contributed by atoms with van der Waals surface area (Å²) in [5, 5.41) is 0. The summed E-state index contributed by atoms with van der Waals surface area (Å²) >= 11 is 0. The summed E-state index contributed by atoms with van der Waals surface area (Å²) in [5.41, 5.74) is 1.93. The largest absolute Gasteiger partial charge is 1.00 e. The molecule has 0 amide bonds. The third-order valence-corrected chi connectivity index (χ3v) is 14.7. The number of carbonyl (C=O) groups is 6. The van der Waals surface area contributed by atoms with E-state index in [0.717, 1.165) is 71.5 Å². The molecule has 352 valence electrons. The van der Waals surface area contributed by atoms with Gasteiger partial charge in [-0.15, -0.1) is 0 Å². The first-order valence-electron chi connectivity index (χ1n) is 22.8. The van der Waals surface area contributed by atoms with Crippen molar-refractivity contribution in [3.05, 3.63) is 47.5 Å². The van der Waals surface area contributed by atoms with Crippen molar-refractivity contribution >= 4 is 35.8 Å². The lowest BCUT2D eigenvalue weighted by Crippen LogP contribution is -3.00. The van der Waals surface area contributed by atoms with Crippen molar-refractivity contribution < 1.29 is 100 Å². The third kappa shape index (κ3) is 11.0. The lowest BCUT2D eigenvalue weighted by molar-refractivity contribution is -0.961. The van der Waals surface area contributed by atoms with Gasteiger partial charge in [0.05, 0.1) is 50.1 Å². The molecular formula is C48H64Br2N2O12. The van der Waals surface area contributed by atoms with Crippen LogP contribution in [0.4, 0.5) is 0 Å². The number of rotatable bonds is 16. The van der Waals surface area contributed by atoms with E-state index >= 15 is 0 Å². The molecule has 0 aromatic heterocycles. The molecule has 0 spiro atoms. The number of quaternary nitrogens is 2. The topological polar surface area (TPSA) is 158 Å². The van der Waals surface area contributed by atoms with E-state index in [1.165, 1.54) is 0 Å². The normalized spacial score (nSPS) is 29.7. The molecule has 4 bridgehead atoms. The van der Waals surface area contributed by atoms with E-state index in [4.69, 9.17) is 28.4 Å². The Labute approximate surface area is 397 Å². The van der Waals surface area contributed by atoms with E-state index in [1.807, 2.05) is 12.1 Å². The summed E-state index contributed by atoms with van der Waals surface area (Å²) in [6.45, 7) is 8.22. The van der Waals surface area contributed by atoms with Crippen LogP contribution in [-0.2, 0) is 51.3 Å². The molecule has 6 unspecified atom stereocenters. The van der Waals surface area contributed by atoms with Crippen molar-refractivity contribution in [2.75, 3.05) is 14.1 Å². The Morgan fingerprint density at radius 2 is 0.766 bits per heavy atom. The van der Waals surface area contributed by atoms with Gasteiger partial charge in [0.15, 0.2) is 23.0 Å². The number of piperidine rings is 2. The zero-order chi connectivity index (χ0) is 44.3. The number of benzene rings is 2. The van der Waals surface area contributed by atoms with Crippen molar-refractivity contribution in [1.29, 1.82) is 0 Å². The number of hydrogen-bond donors (Lipinski definition) is 0. The zero-order valence-corrected chi connectivity index (χ0v) is 41.1. The van der Waals surface area contributed by atoms with Crippen molar-refractivity contribution in [3.63, 3.8) is 0 Å². The molecule has 5 fully saturated rings. The highest BCUT2D eigenvalue weighted by molar-refractivity contribution is 5.84. The second-order valence-electron chi connectivity index (χ2n) is 18.5. The predicted octanol–water partition coefficient (Wildman–Crippen LogP) is 1.05. The number of hydrogen-bond acceptors (Lipinski definition) is 12. The Bertz CT molecular complexity index is 1890. The molecule has 2 aromatic rings. The third-order valence-electron chi connectivity index (χ3n) is 14.7. The van der Waals surface area contributed by atoms with Crippen LogP contribution in [0, 0.1) is 11.8 Å². The second-order valence-corrected chi connectivity index (χ2v) is 18.5. The summed E-state index contributed by atoms with van der Waals surface area (Å²) < 4.78 is 36.0. The Morgan fingerprint density at radius 1 is 0.469 bits per heavy atom. The summed E-state index contributed by atoms with van der Waals surface area (Å²) in [6, 6.07) is 11.9. The van der Waals surface area contributed by atoms with E-state index in [-0.39, 0.29) is 131 Å². The van der Waals surface area contributed by atoms with Gasteiger partial charge in [0.25, 0.3) is 0 Å². The molecular weight excluding hydrogens is 956 g/mol. The molecule has 6 atom stereocenters. The molecule has 1 aliphatic carbocycles. The molecule has 4 saturated heterocycles. The van der Waals surface area contributed by atoms with E-state index in [2.05, 4.69) is 14.1 Å². The Hall–Kier alpha value is -3.86. The van der Waals surface area contributed by atoms with Crippen LogP contribution in [0.2, 0.25) is 0 Å². The predicted molar refractivity (Wildman–Crippen MR) is 224 cm³/mol. The van der Waals surface area contributed by atoms with Gasteiger partial charge in [0.2, 0.25) is 0 Å². The van der Waals surface area contributed by atoms with Gasteiger partial charge in [-0.1, -0.05) is 27.7 Å². The molecule has 14 nitrogen and oxygen atoms in total. The van der Waals surface area contributed by atoms with Crippen LogP contribution in [0.3, 0.4) is 0 Å². The summed E-state index contributed by atoms with van der Waals surface area (Å²) in [7, 11) is 4.49. The maximum atomic E-state index is 13.7. The van der Waals surface area contributed by atoms with Gasteiger partial charge in [-0.3, -0.25) is 28.8 Å². The van der Waals surface area contributed by atoms with E-state index in [1.54, 1.807) is 52.0 Å². The molecule has 5 aliphatic rings.